The molecule has 4 atom stereocenters. The van der Waals surface area contributed by atoms with E-state index in [0.717, 1.165) is 16.3 Å². The quantitative estimate of drug-likeness (QED) is 0.0925. The van der Waals surface area contributed by atoms with E-state index in [1.54, 1.807) is 21.1 Å². The van der Waals surface area contributed by atoms with Crippen LogP contribution in [-0.4, -0.2) is 100 Å². The van der Waals surface area contributed by atoms with Gasteiger partial charge in [-0.3, -0.25) is 4.79 Å². The molecule has 1 aromatic heterocycles. The van der Waals surface area contributed by atoms with Crippen LogP contribution in [0.25, 0.3) is 0 Å². The van der Waals surface area contributed by atoms with E-state index in [4.69, 9.17) is 5.21 Å². The number of benzene rings is 2. The van der Waals surface area contributed by atoms with Crippen molar-refractivity contribution in [2.45, 2.75) is 89.9 Å². The molecule has 0 radical (unpaired) electrons. The molecule has 4 rings (SSSR count). The minimum Gasteiger partial charge on any atom is -0.411 e. The van der Waals surface area contributed by atoms with Crippen molar-refractivity contribution in [3.63, 3.8) is 0 Å². The molecule has 0 bridgehead atoms. The van der Waals surface area contributed by atoms with E-state index < -0.39 is 34.1 Å². The molecule has 278 valence electrons. The topological polar surface area (TPSA) is 156 Å². The Balaban J connectivity index is 1.58. The molecular weight excluding hydrogens is 689 g/mol. The lowest BCUT2D eigenvalue weighted by molar-refractivity contribution is -0.128. The predicted octanol–water partition coefficient (Wildman–Crippen LogP) is 5.16. The minimum absolute atomic E-state index is 0.0288. The molecule has 51 heavy (non-hydrogen) atoms. The Bertz CT molecular complexity index is 1710. The summed E-state index contributed by atoms with van der Waals surface area (Å²) in [5.41, 5.74) is 2.20. The Hall–Kier alpha value is -3.85. The average Bonchev–Trinajstić information content (AvgIpc) is 3.71. The van der Waals surface area contributed by atoms with Crippen molar-refractivity contribution < 1.29 is 28.3 Å². The highest BCUT2D eigenvalue weighted by atomic mass is 32.2. The number of aliphatic hydroxyl groups is 1. The van der Waals surface area contributed by atoms with Crippen LogP contribution in [0.3, 0.4) is 0 Å². The van der Waals surface area contributed by atoms with Crippen LogP contribution < -0.4 is 5.32 Å². The number of sulfonamides is 1. The summed E-state index contributed by atoms with van der Waals surface area (Å²) in [5, 5.41) is 29.7. The number of aromatic nitrogens is 1. The van der Waals surface area contributed by atoms with Gasteiger partial charge in [0, 0.05) is 37.5 Å². The summed E-state index contributed by atoms with van der Waals surface area (Å²) in [7, 11) is -4.06. The molecule has 3 aromatic rings. The van der Waals surface area contributed by atoms with Crippen LogP contribution in [0.15, 0.2) is 70.0 Å². The van der Waals surface area contributed by atoms with E-state index in [9.17, 15) is 23.1 Å². The van der Waals surface area contributed by atoms with Gasteiger partial charge in [-0.2, -0.15) is 4.31 Å². The second-order valence-electron chi connectivity index (χ2n) is 14.0. The summed E-state index contributed by atoms with van der Waals surface area (Å²) < 4.78 is 29.1. The Morgan fingerprint density at radius 1 is 1.06 bits per heavy atom. The monoisotopic (exact) mass is 740 g/mol. The average molecular weight is 741 g/mol. The lowest BCUT2D eigenvalue weighted by Crippen LogP contribution is -2.57. The summed E-state index contributed by atoms with van der Waals surface area (Å²) in [6.07, 6.45) is 0.799. The van der Waals surface area contributed by atoms with E-state index in [1.807, 2.05) is 63.4 Å². The molecule has 3 amide bonds. The van der Waals surface area contributed by atoms with Gasteiger partial charge in [-0.1, -0.05) is 95.6 Å². The van der Waals surface area contributed by atoms with Crippen molar-refractivity contribution >= 4 is 39.5 Å². The fraction of sp³-hybridized carbons (Fsp3) is 0.514. The van der Waals surface area contributed by atoms with Crippen LogP contribution in [0, 0.1) is 11.8 Å². The smallest absolute Gasteiger partial charge is 0.321 e. The van der Waals surface area contributed by atoms with Crippen molar-refractivity contribution in [2.75, 3.05) is 26.2 Å². The first-order chi connectivity index (χ1) is 24.2. The highest BCUT2D eigenvalue weighted by Gasteiger charge is 2.41. The number of urea groups is 1. The van der Waals surface area contributed by atoms with Crippen molar-refractivity contribution in [3.8, 4) is 0 Å². The zero-order valence-electron chi connectivity index (χ0n) is 30.3. The van der Waals surface area contributed by atoms with Crippen molar-refractivity contribution in [1.29, 1.82) is 0 Å². The molecule has 0 aliphatic carbocycles. The second kappa shape index (κ2) is 18.1. The van der Waals surface area contributed by atoms with Gasteiger partial charge in [-0.05, 0) is 41.5 Å². The van der Waals surface area contributed by atoms with E-state index >= 15 is 0 Å². The normalized spacial score (nSPS) is 16.4. The van der Waals surface area contributed by atoms with Gasteiger partial charge in [0.15, 0.2) is 0 Å². The molecule has 2 aromatic carbocycles. The lowest BCUT2D eigenvalue weighted by Gasteiger charge is -2.35. The number of nitrogens with zero attached hydrogens (tertiary/aromatic N) is 5. The summed E-state index contributed by atoms with van der Waals surface area (Å²) in [6, 6.07) is 13.4. The molecule has 12 nitrogen and oxygen atoms in total. The maximum atomic E-state index is 14.3. The Morgan fingerprint density at radius 2 is 1.75 bits per heavy atom. The molecule has 1 aliphatic rings. The van der Waals surface area contributed by atoms with Crippen LogP contribution in [0.1, 0.15) is 75.7 Å². The third kappa shape index (κ3) is 10.4. The number of hydrogen-bond donors (Lipinski definition) is 3. The van der Waals surface area contributed by atoms with Crippen molar-refractivity contribution in [1.82, 2.24) is 24.4 Å². The van der Waals surface area contributed by atoms with Gasteiger partial charge in [0.05, 0.1) is 40.5 Å². The van der Waals surface area contributed by atoms with E-state index in [0.29, 0.717) is 37.5 Å². The van der Waals surface area contributed by atoms with Crippen LogP contribution in [0.4, 0.5) is 4.79 Å². The van der Waals surface area contributed by atoms with Crippen molar-refractivity contribution in [2.24, 2.45) is 17.0 Å². The predicted molar refractivity (Wildman–Crippen MR) is 199 cm³/mol. The number of carbonyl (C=O) groups is 2. The summed E-state index contributed by atoms with van der Waals surface area (Å²) in [4.78, 5) is 36.1. The molecule has 0 unspecified atom stereocenters. The van der Waals surface area contributed by atoms with Gasteiger partial charge in [-0.25, -0.2) is 18.2 Å². The Morgan fingerprint density at radius 3 is 2.33 bits per heavy atom. The van der Waals surface area contributed by atoms with Gasteiger partial charge < -0.3 is 25.4 Å². The summed E-state index contributed by atoms with van der Waals surface area (Å²) in [6.45, 7) is 12.9. The first-order valence-corrected chi connectivity index (χ1v) is 19.9. The van der Waals surface area contributed by atoms with E-state index in [1.165, 1.54) is 34.8 Å². The Labute approximate surface area is 306 Å². The standard InChI is InChI=1S/C37H52N6O6S2/c1-7-27(6)34(43-18-17-41(37(43)46)22-30-24-50-36(39-30)26(4)5)35(45)40-32(19-28-11-9-8-10-12-28)33(44)23-42(21-25(2)3)51(48,49)31-15-13-29(14-16-31)20-38-47/h8-16,20,24-27,32-34,44,47H,7,17-19,21-23H2,1-6H3,(H,40,45)/t27-,32-,33+,34-/m0/s1. The molecule has 14 heteroatoms. The fourth-order valence-corrected chi connectivity index (χ4v) is 8.62. The molecule has 3 N–H and O–H groups in total. The number of hydrogen-bond acceptors (Lipinski definition) is 9. The highest BCUT2D eigenvalue weighted by Crippen LogP contribution is 2.25. The maximum Gasteiger partial charge on any atom is 0.321 e. The fourth-order valence-electron chi connectivity index (χ4n) is 6.17. The first kappa shape index (κ1) is 39.9. The van der Waals surface area contributed by atoms with Crippen LogP contribution in [-0.2, 0) is 27.8 Å². The highest BCUT2D eigenvalue weighted by molar-refractivity contribution is 7.89. The van der Waals surface area contributed by atoms with Crippen LogP contribution >= 0.6 is 11.3 Å². The number of amides is 3. The zero-order chi connectivity index (χ0) is 37.3. The maximum absolute atomic E-state index is 14.3. The SMILES string of the molecule is CC[C@H](C)[C@@H](C(=O)N[C@@H](Cc1ccccc1)[C@H](O)CN(CC(C)C)S(=O)(=O)c1ccc(C=NO)cc1)N1CCN(Cc2csc(C(C)C)n2)C1=O. The number of rotatable bonds is 18. The van der Waals surface area contributed by atoms with E-state index in [2.05, 4.69) is 29.3 Å². The largest absolute Gasteiger partial charge is 0.411 e. The van der Waals surface area contributed by atoms with Crippen molar-refractivity contribution in [3.05, 3.63) is 81.8 Å². The molecule has 1 aliphatic heterocycles. The number of aliphatic hydroxyl groups excluding tert-OH is 1. The van der Waals surface area contributed by atoms with Gasteiger partial charge in [0.2, 0.25) is 15.9 Å². The third-order valence-corrected chi connectivity index (χ3v) is 12.1. The van der Waals surface area contributed by atoms with E-state index in [-0.39, 0.29) is 42.3 Å². The molecule has 0 spiro atoms. The third-order valence-electron chi connectivity index (χ3n) is 9.11. The lowest BCUT2D eigenvalue weighted by atomic mass is 9.95. The molecule has 2 heterocycles. The number of oxime groups is 1. The number of carbonyl (C=O) groups excluding carboxylic acids is 2. The zero-order valence-corrected chi connectivity index (χ0v) is 32.0. The molecule has 1 saturated heterocycles. The van der Waals surface area contributed by atoms with Gasteiger partial charge >= 0.3 is 6.03 Å². The number of thiazole rings is 1. The summed E-state index contributed by atoms with van der Waals surface area (Å²) >= 11 is 1.58. The second-order valence-corrected chi connectivity index (χ2v) is 16.8. The van der Waals surface area contributed by atoms with Gasteiger partial charge in [0.25, 0.3) is 0 Å². The van der Waals surface area contributed by atoms with Gasteiger partial charge in [0.1, 0.15) is 6.04 Å². The summed E-state index contributed by atoms with van der Waals surface area (Å²) in [5.74, 6) is -0.346. The molecular formula is C37H52N6O6S2. The minimum atomic E-state index is -4.06. The Kier molecular flexibility index (Phi) is 14.1. The molecule has 0 saturated carbocycles. The van der Waals surface area contributed by atoms with Crippen LogP contribution in [0.2, 0.25) is 0 Å². The first-order valence-electron chi connectivity index (χ1n) is 17.5. The molecule has 1 fully saturated rings. The number of nitrogens with one attached hydrogen (secondary N) is 1. The van der Waals surface area contributed by atoms with Gasteiger partial charge in [-0.15, -0.1) is 11.3 Å². The van der Waals surface area contributed by atoms with Crippen LogP contribution in [0.5, 0.6) is 0 Å².